The van der Waals surface area contributed by atoms with E-state index in [-0.39, 0.29) is 17.5 Å². The van der Waals surface area contributed by atoms with Gasteiger partial charge in [-0.15, -0.1) is 0 Å². The van der Waals surface area contributed by atoms with E-state index in [1.807, 2.05) is 0 Å². The fourth-order valence-corrected chi connectivity index (χ4v) is 4.51. The van der Waals surface area contributed by atoms with E-state index in [0.29, 0.717) is 13.0 Å². The molecule has 1 heterocycles. The highest BCUT2D eigenvalue weighted by Gasteiger charge is 2.34. The highest BCUT2D eigenvalue weighted by Crippen LogP contribution is 2.25. The molecular weight excluding hydrogens is 361 g/mol. The minimum atomic E-state index is -4.02. The molecule has 3 rings (SSSR count). The van der Waals surface area contributed by atoms with Gasteiger partial charge in [-0.2, -0.15) is 0 Å². The minimum Gasteiger partial charge on any atom is -0.357 e. The summed E-state index contributed by atoms with van der Waals surface area (Å²) < 4.78 is 41.2. The zero-order valence-corrected chi connectivity index (χ0v) is 15.3. The molecule has 0 unspecified atom stereocenters. The Morgan fingerprint density at radius 3 is 2.58 bits per heavy atom. The second-order valence-electron chi connectivity index (χ2n) is 6.67. The lowest BCUT2D eigenvalue weighted by Gasteiger charge is -2.34. The predicted molar refractivity (Wildman–Crippen MR) is 92.5 cm³/mol. The molecule has 1 saturated heterocycles. The van der Waals surface area contributed by atoms with Crippen molar-refractivity contribution in [2.24, 2.45) is 0 Å². The Bertz CT molecular complexity index is 823. The molecule has 1 aliphatic carbocycles. The van der Waals surface area contributed by atoms with Crippen LogP contribution in [0.4, 0.5) is 4.39 Å². The van der Waals surface area contributed by atoms with E-state index >= 15 is 0 Å². The Hall–Kier alpha value is -2.00. The largest absolute Gasteiger partial charge is 0.357 e. The molecule has 1 saturated carbocycles. The van der Waals surface area contributed by atoms with Crippen LogP contribution < -0.4 is 10.0 Å². The number of likely N-dealkylation sites (tertiary alicyclic amines) is 1. The zero-order valence-electron chi connectivity index (χ0n) is 14.5. The number of hydrogen-bond donors (Lipinski definition) is 2. The van der Waals surface area contributed by atoms with Crippen LogP contribution in [0.25, 0.3) is 0 Å². The second kappa shape index (κ2) is 7.32. The van der Waals surface area contributed by atoms with E-state index in [9.17, 15) is 22.4 Å². The number of benzene rings is 1. The van der Waals surface area contributed by atoms with Crippen molar-refractivity contribution in [1.29, 1.82) is 0 Å². The maximum atomic E-state index is 14.1. The van der Waals surface area contributed by atoms with Gasteiger partial charge in [-0.1, -0.05) is 0 Å². The normalized spacial score (nSPS) is 20.7. The summed E-state index contributed by atoms with van der Waals surface area (Å²) in [5, 5.41) is 2.55. The van der Waals surface area contributed by atoms with Gasteiger partial charge in [-0.3, -0.25) is 9.59 Å². The van der Waals surface area contributed by atoms with Gasteiger partial charge < -0.3 is 10.2 Å². The summed E-state index contributed by atoms with van der Waals surface area (Å²) in [5.41, 5.74) is 0.0541. The molecule has 26 heavy (non-hydrogen) atoms. The van der Waals surface area contributed by atoms with E-state index in [0.717, 1.165) is 37.8 Å². The highest BCUT2D eigenvalue weighted by molar-refractivity contribution is 7.89. The van der Waals surface area contributed by atoms with E-state index in [4.69, 9.17) is 0 Å². The molecule has 2 N–H and O–H groups in total. The number of halogens is 1. The van der Waals surface area contributed by atoms with Crippen LogP contribution in [0.2, 0.25) is 0 Å². The summed E-state index contributed by atoms with van der Waals surface area (Å²) in [5.74, 6) is -1.64. The molecule has 0 radical (unpaired) electrons. The standard InChI is InChI=1S/C17H22FN3O4S/c1-19-16(22)14-4-2-3-9-21(14)17(23)11-5-8-13(18)15(10-11)26(24,25)20-12-6-7-12/h5,8,10,12,14,20H,2-4,6-7,9H2,1H3,(H,19,22)/t14-/m1/s1. The van der Waals surface area contributed by atoms with Crippen LogP contribution >= 0.6 is 0 Å². The lowest BCUT2D eigenvalue weighted by Crippen LogP contribution is -2.51. The average Bonchev–Trinajstić information content (AvgIpc) is 3.44. The Kier molecular flexibility index (Phi) is 5.29. The molecule has 1 aliphatic heterocycles. The summed E-state index contributed by atoms with van der Waals surface area (Å²) in [6.07, 6.45) is 3.58. The van der Waals surface area contributed by atoms with Crippen molar-refractivity contribution >= 4 is 21.8 Å². The molecule has 0 spiro atoms. The van der Waals surface area contributed by atoms with Gasteiger partial charge in [0.2, 0.25) is 15.9 Å². The molecule has 2 fully saturated rings. The molecule has 2 amide bonds. The first-order valence-electron chi connectivity index (χ1n) is 8.68. The van der Waals surface area contributed by atoms with Gasteiger partial charge in [0.25, 0.3) is 5.91 Å². The first-order valence-corrected chi connectivity index (χ1v) is 10.2. The van der Waals surface area contributed by atoms with Crippen LogP contribution in [-0.4, -0.2) is 50.8 Å². The van der Waals surface area contributed by atoms with Crippen molar-refractivity contribution in [3.05, 3.63) is 29.6 Å². The third kappa shape index (κ3) is 3.88. The van der Waals surface area contributed by atoms with Crippen molar-refractivity contribution in [2.45, 2.75) is 49.1 Å². The third-order valence-corrected chi connectivity index (χ3v) is 6.22. The maximum absolute atomic E-state index is 14.1. The first kappa shape index (κ1) is 18.8. The Morgan fingerprint density at radius 2 is 1.92 bits per heavy atom. The molecule has 1 aromatic carbocycles. The quantitative estimate of drug-likeness (QED) is 0.793. The van der Waals surface area contributed by atoms with E-state index < -0.39 is 32.7 Å². The summed E-state index contributed by atoms with van der Waals surface area (Å²) >= 11 is 0. The van der Waals surface area contributed by atoms with E-state index in [1.54, 1.807) is 0 Å². The molecule has 0 bridgehead atoms. The summed E-state index contributed by atoms with van der Waals surface area (Å²) in [7, 11) is -2.52. The number of rotatable bonds is 5. The molecule has 1 atom stereocenters. The van der Waals surface area contributed by atoms with Gasteiger partial charge in [-0.05, 0) is 50.3 Å². The van der Waals surface area contributed by atoms with E-state index in [1.165, 1.54) is 18.0 Å². The number of likely N-dealkylation sites (N-methyl/N-ethyl adjacent to an activating group) is 1. The summed E-state index contributed by atoms with van der Waals surface area (Å²) in [6, 6.07) is 2.52. The topological polar surface area (TPSA) is 95.6 Å². The molecule has 9 heteroatoms. The molecule has 2 aliphatic rings. The zero-order chi connectivity index (χ0) is 18.9. The highest BCUT2D eigenvalue weighted by atomic mass is 32.2. The molecule has 0 aromatic heterocycles. The number of amides is 2. The van der Waals surface area contributed by atoms with Crippen LogP contribution in [0.1, 0.15) is 42.5 Å². The van der Waals surface area contributed by atoms with Gasteiger partial charge in [0.15, 0.2) is 0 Å². The lowest BCUT2D eigenvalue weighted by molar-refractivity contribution is -0.126. The third-order valence-electron chi connectivity index (χ3n) is 4.68. The van der Waals surface area contributed by atoms with Gasteiger partial charge >= 0.3 is 0 Å². The fraction of sp³-hybridized carbons (Fsp3) is 0.529. The number of carbonyl (C=O) groups excluding carboxylic acids is 2. The maximum Gasteiger partial charge on any atom is 0.254 e. The van der Waals surface area contributed by atoms with Crippen LogP contribution in [0.3, 0.4) is 0 Å². The number of hydrogen-bond acceptors (Lipinski definition) is 4. The number of nitrogens with one attached hydrogen (secondary N) is 2. The molecule has 1 aromatic rings. The summed E-state index contributed by atoms with van der Waals surface area (Å²) in [4.78, 5) is 25.8. The van der Waals surface area contributed by atoms with Gasteiger partial charge in [-0.25, -0.2) is 17.5 Å². The monoisotopic (exact) mass is 383 g/mol. The Labute approximate surface area is 152 Å². The molecule has 7 nitrogen and oxygen atoms in total. The van der Waals surface area contributed by atoms with Crippen LogP contribution in [-0.2, 0) is 14.8 Å². The summed E-state index contributed by atoms with van der Waals surface area (Å²) in [6.45, 7) is 0.400. The molecule has 142 valence electrons. The number of sulfonamides is 1. The van der Waals surface area contributed by atoms with Crippen molar-refractivity contribution in [3.63, 3.8) is 0 Å². The predicted octanol–water partition coefficient (Wildman–Crippen LogP) is 1.01. The van der Waals surface area contributed by atoms with Crippen molar-refractivity contribution in [1.82, 2.24) is 14.9 Å². The van der Waals surface area contributed by atoms with Gasteiger partial charge in [0.05, 0.1) is 0 Å². The smallest absolute Gasteiger partial charge is 0.254 e. The van der Waals surface area contributed by atoms with Crippen molar-refractivity contribution in [2.75, 3.05) is 13.6 Å². The lowest BCUT2D eigenvalue weighted by atomic mass is 10.00. The number of carbonyl (C=O) groups is 2. The Balaban J connectivity index is 1.89. The average molecular weight is 383 g/mol. The van der Waals surface area contributed by atoms with Gasteiger partial charge in [0.1, 0.15) is 16.8 Å². The van der Waals surface area contributed by atoms with Crippen LogP contribution in [0, 0.1) is 5.82 Å². The fourth-order valence-electron chi connectivity index (χ4n) is 3.11. The van der Waals surface area contributed by atoms with Crippen LogP contribution in [0.15, 0.2) is 23.1 Å². The number of nitrogens with zero attached hydrogens (tertiary/aromatic N) is 1. The van der Waals surface area contributed by atoms with E-state index in [2.05, 4.69) is 10.0 Å². The van der Waals surface area contributed by atoms with Crippen molar-refractivity contribution in [3.8, 4) is 0 Å². The van der Waals surface area contributed by atoms with Crippen molar-refractivity contribution < 1.29 is 22.4 Å². The Morgan fingerprint density at radius 1 is 1.19 bits per heavy atom. The molecular formula is C17H22FN3O4S. The second-order valence-corrected chi connectivity index (χ2v) is 8.35. The first-order chi connectivity index (χ1) is 12.3. The van der Waals surface area contributed by atoms with Gasteiger partial charge in [0, 0.05) is 25.2 Å². The van der Waals surface area contributed by atoms with Crippen LogP contribution in [0.5, 0.6) is 0 Å². The number of piperidine rings is 1. The SMILES string of the molecule is CNC(=O)[C@H]1CCCCN1C(=O)c1ccc(F)c(S(=O)(=O)NC2CC2)c1. The minimum absolute atomic E-state index is 0.0541.